The van der Waals surface area contributed by atoms with Crippen LogP contribution in [-0.2, 0) is 19.1 Å². The van der Waals surface area contributed by atoms with Gasteiger partial charge in [0.05, 0.1) is 17.1 Å². The fraction of sp³-hybridized carbons (Fsp3) is 0.250. The van der Waals surface area contributed by atoms with Gasteiger partial charge < -0.3 is 14.6 Å². The van der Waals surface area contributed by atoms with E-state index in [2.05, 4.69) is 0 Å². The van der Waals surface area contributed by atoms with Crippen molar-refractivity contribution in [1.29, 1.82) is 0 Å². The summed E-state index contributed by atoms with van der Waals surface area (Å²) in [5.41, 5.74) is 1.65. The number of benzene rings is 2. The molecule has 2 aromatic rings. The fourth-order valence-electron chi connectivity index (χ4n) is 3.05. The van der Waals surface area contributed by atoms with Crippen LogP contribution in [0.3, 0.4) is 0 Å². The summed E-state index contributed by atoms with van der Waals surface area (Å²) in [5.74, 6) is -1.28. The molecule has 0 saturated carbocycles. The van der Waals surface area contributed by atoms with Gasteiger partial charge in [-0.25, -0.2) is 14.0 Å². The first-order chi connectivity index (χ1) is 15.1. The lowest BCUT2D eigenvalue weighted by Crippen LogP contribution is -2.36. The number of aliphatic hydroxyl groups is 1. The SMILES string of the molecule is O=C(/C=C/c1ccccc1)OC[C@H]1SC(CO)[C@@H](F)C1OC(=O)/C=C/c1ccccc1. The molecule has 0 radical (unpaired) electrons. The van der Waals surface area contributed by atoms with E-state index in [0.717, 1.165) is 22.9 Å². The molecule has 1 aliphatic rings. The number of rotatable bonds is 8. The number of esters is 2. The number of hydrogen-bond donors (Lipinski definition) is 1. The maximum atomic E-state index is 14.7. The van der Waals surface area contributed by atoms with Gasteiger partial charge in [-0.3, -0.25) is 0 Å². The summed E-state index contributed by atoms with van der Waals surface area (Å²) in [5, 5.41) is 8.05. The van der Waals surface area contributed by atoms with Crippen molar-refractivity contribution in [1.82, 2.24) is 0 Å². The van der Waals surface area contributed by atoms with Crippen LogP contribution < -0.4 is 0 Å². The topological polar surface area (TPSA) is 72.8 Å². The van der Waals surface area contributed by atoms with E-state index in [4.69, 9.17) is 9.47 Å². The Morgan fingerprint density at radius 3 is 2.00 bits per heavy atom. The van der Waals surface area contributed by atoms with E-state index in [0.29, 0.717) is 0 Å². The molecule has 4 atom stereocenters. The molecular weight excluding hydrogens is 419 g/mol. The first-order valence-electron chi connectivity index (χ1n) is 9.81. The maximum absolute atomic E-state index is 14.7. The van der Waals surface area contributed by atoms with Crippen molar-refractivity contribution in [2.75, 3.05) is 13.2 Å². The molecule has 162 valence electrons. The number of halogens is 1. The van der Waals surface area contributed by atoms with Crippen LogP contribution in [0.1, 0.15) is 11.1 Å². The minimum Gasteiger partial charge on any atom is -0.461 e. The lowest BCUT2D eigenvalue weighted by molar-refractivity contribution is -0.147. The molecule has 1 N–H and O–H groups in total. The molecule has 1 saturated heterocycles. The van der Waals surface area contributed by atoms with E-state index in [-0.39, 0.29) is 6.61 Å². The summed E-state index contributed by atoms with van der Waals surface area (Å²) in [6.45, 7) is -0.544. The zero-order chi connectivity index (χ0) is 22.1. The number of thioether (sulfide) groups is 1. The monoisotopic (exact) mass is 442 g/mol. The van der Waals surface area contributed by atoms with Gasteiger partial charge in [0.25, 0.3) is 0 Å². The van der Waals surface area contributed by atoms with E-state index >= 15 is 0 Å². The van der Waals surface area contributed by atoms with Crippen LogP contribution in [0.15, 0.2) is 72.8 Å². The molecule has 0 aromatic heterocycles. The fourth-order valence-corrected chi connectivity index (χ4v) is 4.40. The van der Waals surface area contributed by atoms with Gasteiger partial charge in [-0.1, -0.05) is 60.7 Å². The molecule has 1 heterocycles. The molecule has 0 spiro atoms. The third-order valence-corrected chi connectivity index (χ3v) is 6.14. The van der Waals surface area contributed by atoms with Gasteiger partial charge in [-0.15, -0.1) is 11.8 Å². The van der Waals surface area contributed by atoms with Crippen LogP contribution >= 0.6 is 11.8 Å². The number of hydrogen-bond acceptors (Lipinski definition) is 6. The molecule has 1 fully saturated rings. The molecule has 7 heteroatoms. The summed E-state index contributed by atoms with van der Waals surface area (Å²) >= 11 is 1.11. The number of alkyl halides is 1. The van der Waals surface area contributed by atoms with Crippen LogP contribution in [0.5, 0.6) is 0 Å². The Morgan fingerprint density at radius 1 is 0.903 bits per heavy atom. The minimum atomic E-state index is -1.56. The highest BCUT2D eigenvalue weighted by Gasteiger charge is 2.47. The number of aliphatic hydroxyl groups excluding tert-OH is 1. The Hall–Kier alpha value is -2.90. The van der Waals surface area contributed by atoms with Gasteiger partial charge in [0, 0.05) is 12.2 Å². The quantitative estimate of drug-likeness (QED) is 0.497. The number of ether oxygens (including phenoxy) is 2. The van der Waals surface area contributed by atoms with E-state index in [9.17, 15) is 19.1 Å². The first kappa shape index (κ1) is 22.8. The molecule has 0 bridgehead atoms. The summed E-state index contributed by atoms with van der Waals surface area (Å²) in [7, 11) is 0. The second kappa shape index (κ2) is 11.5. The van der Waals surface area contributed by atoms with Gasteiger partial charge in [-0.2, -0.15) is 0 Å². The lowest BCUT2D eigenvalue weighted by atomic mass is 10.1. The summed E-state index contributed by atoms with van der Waals surface area (Å²) in [4.78, 5) is 24.2. The Kier molecular flexibility index (Phi) is 8.44. The first-order valence-corrected chi connectivity index (χ1v) is 10.7. The van der Waals surface area contributed by atoms with Gasteiger partial charge in [0.1, 0.15) is 12.7 Å². The average molecular weight is 443 g/mol. The molecule has 31 heavy (non-hydrogen) atoms. The van der Waals surface area contributed by atoms with Crippen LogP contribution in [0.2, 0.25) is 0 Å². The van der Waals surface area contributed by atoms with E-state index < -0.39 is 41.3 Å². The predicted molar refractivity (Wildman–Crippen MR) is 119 cm³/mol. The highest BCUT2D eigenvalue weighted by molar-refractivity contribution is 8.01. The molecule has 0 amide bonds. The molecule has 5 nitrogen and oxygen atoms in total. The summed E-state index contributed by atoms with van der Waals surface area (Å²) in [6, 6.07) is 18.4. The molecular formula is C24H23FO5S. The Morgan fingerprint density at radius 2 is 1.45 bits per heavy atom. The van der Waals surface area contributed by atoms with Gasteiger partial charge in [0.15, 0.2) is 6.17 Å². The minimum absolute atomic E-state index is 0.139. The van der Waals surface area contributed by atoms with Crippen molar-refractivity contribution in [2.24, 2.45) is 0 Å². The van der Waals surface area contributed by atoms with Gasteiger partial charge in [0.2, 0.25) is 0 Å². The van der Waals surface area contributed by atoms with Crippen LogP contribution in [0.25, 0.3) is 12.2 Å². The molecule has 0 aliphatic carbocycles. The van der Waals surface area contributed by atoms with E-state index in [1.165, 1.54) is 12.2 Å². The van der Waals surface area contributed by atoms with Crippen LogP contribution in [0.4, 0.5) is 4.39 Å². The van der Waals surface area contributed by atoms with Gasteiger partial charge in [-0.05, 0) is 23.3 Å². The van der Waals surface area contributed by atoms with Crippen molar-refractivity contribution in [3.8, 4) is 0 Å². The normalized spacial score (nSPS) is 23.3. The smallest absolute Gasteiger partial charge is 0.331 e. The van der Waals surface area contributed by atoms with Crippen molar-refractivity contribution >= 4 is 35.9 Å². The van der Waals surface area contributed by atoms with E-state index in [1.807, 2.05) is 60.7 Å². The zero-order valence-corrected chi connectivity index (χ0v) is 17.5. The summed E-state index contributed by atoms with van der Waals surface area (Å²) in [6.07, 6.45) is 3.02. The third kappa shape index (κ3) is 6.80. The number of carbonyl (C=O) groups is 2. The highest BCUT2D eigenvalue weighted by Crippen LogP contribution is 2.38. The zero-order valence-electron chi connectivity index (χ0n) is 16.7. The number of carbonyl (C=O) groups excluding carboxylic acids is 2. The van der Waals surface area contributed by atoms with E-state index in [1.54, 1.807) is 12.2 Å². The predicted octanol–water partition coefficient (Wildman–Crippen LogP) is 3.68. The van der Waals surface area contributed by atoms with Crippen LogP contribution in [-0.4, -0.2) is 53.0 Å². The van der Waals surface area contributed by atoms with Crippen molar-refractivity contribution in [2.45, 2.75) is 22.8 Å². The largest absolute Gasteiger partial charge is 0.461 e. The van der Waals surface area contributed by atoms with Gasteiger partial charge >= 0.3 is 11.9 Å². The third-order valence-electron chi connectivity index (χ3n) is 4.63. The standard InChI is InChI=1S/C24H23FO5S/c25-23-19(15-26)31-20(16-29-21(27)13-11-17-7-3-1-4-8-17)24(23)30-22(28)14-12-18-9-5-2-6-10-18/h1-14,19-20,23-24,26H,15-16H2/b13-11+,14-12+/t19?,20-,23-,24?/m1/s1. The molecule has 2 aromatic carbocycles. The van der Waals surface area contributed by atoms with Crippen molar-refractivity contribution in [3.63, 3.8) is 0 Å². The molecule has 3 rings (SSSR count). The van der Waals surface area contributed by atoms with Crippen molar-refractivity contribution < 1.29 is 28.6 Å². The Bertz CT molecular complexity index is 916. The lowest BCUT2D eigenvalue weighted by Gasteiger charge is -2.19. The Labute approximate surface area is 184 Å². The second-order valence-corrected chi connectivity index (χ2v) is 8.34. The van der Waals surface area contributed by atoms with Crippen molar-refractivity contribution in [3.05, 3.63) is 83.9 Å². The Balaban J connectivity index is 1.57. The average Bonchev–Trinajstić information content (AvgIpc) is 3.10. The summed E-state index contributed by atoms with van der Waals surface area (Å²) < 4.78 is 25.2. The molecule has 1 aliphatic heterocycles. The highest BCUT2D eigenvalue weighted by atomic mass is 32.2. The maximum Gasteiger partial charge on any atom is 0.331 e. The van der Waals surface area contributed by atoms with Crippen LogP contribution in [0, 0.1) is 0 Å². The second-order valence-electron chi connectivity index (χ2n) is 6.86. The molecule has 2 unspecified atom stereocenters.